The number of allylic oxidation sites excluding steroid dienone is 4. The van der Waals surface area contributed by atoms with Gasteiger partial charge in [-0.1, -0.05) is 66.2 Å². The summed E-state index contributed by atoms with van der Waals surface area (Å²) >= 11 is 0. The molecule has 0 radical (unpaired) electrons. The average Bonchev–Trinajstić information content (AvgIpc) is 3.09. The van der Waals surface area contributed by atoms with E-state index in [1.54, 1.807) is 0 Å². The van der Waals surface area contributed by atoms with Crippen LogP contribution >= 0.6 is 0 Å². The Morgan fingerprint density at radius 2 is 1.32 bits per heavy atom. The maximum absolute atomic E-state index is 6.45. The van der Waals surface area contributed by atoms with Gasteiger partial charge in [0, 0.05) is 0 Å². The molecular weight excluding hydrogens is 349 g/mol. The van der Waals surface area contributed by atoms with Gasteiger partial charge in [0.25, 0.3) is 0 Å². The van der Waals surface area contributed by atoms with Gasteiger partial charge in [0.15, 0.2) is 0 Å². The molecule has 0 saturated heterocycles. The van der Waals surface area contributed by atoms with Crippen molar-refractivity contribution in [1.29, 1.82) is 0 Å². The molecule has 0 heterocycles. The van der Waals surface area contributed by atoms with Crippen molar-refractivity contribution in [3.05, 3.63) is 41.0 Å². The maximum Gasteiger partial charge on any atom is 4.00 e. The van der Waals surface area contributed by atoms with Gasteiger partial charge in [0.2, 0.25) is 0 Å². The Labute approximate surface area is 159 Å². The maximum atomic E-state index is 6.45. The second-order valence-electron chi connectivity index (χ2n) is 4.80. The molecule has 0 fully saturated rings. The summed E-state index contributed by atoms with van der Waals surface area (Å²) in [5, 5.41) is 0. The minimum absolute atomic E-state index is 0. The predicted octanol–water partition coefficient (Wildman–Crippen LogP) is 7.07. The molecule has 0 aromatic carbocycles. The van der Waals surface area contributed by atoms with Crippen LogP contribution in [0, 0.1) is 12.0 Å². The van der Waals surface area contributed by atoms with E-state index in [1.165, 1.54) is 12.0 Å². The van der Waals surface area contributed by atoms with Gasteiger partial charge in [-0.05, 0) is 0 Å². The van der Waals surface area contributed by atoms with Gasteiger partial charge >= 0.3 is 26.2 Å². The van der Waals surface area contributed by atoms with Gasteiger partial charge in [0.1, 0.15) is 0 Å². The van der Waals surface area contributed by atoms with Gasteiger partial charge in [-0.3, -0.25) is 6.08 Å². The fraction of sp³-hybridized carbons (Fsp3) is 0.778. The van der Waals surface area contributed by atoms with Crippen molar-refractivity contribution in [3.8, 4) is 0 Å². The molecule has 0 spiro atoms. The van der Waals surface area contributed by atoms with E-state index in [-0.39, 0.29) is 26.2 Å². The van der Waals surface area contributed by atoms with Crippen LogP contribution < -0.4 is 0 Å². The van der Waals surface area contributed by atoms with Crippen LogP contribution in [-0.2, 0) is 26.2 Å². The standard InChI is InChI=1S/C9H13.3C3H8N.Zr/c1-3-8(2)9-6-4-5-7-9;3*1-2-3-4;/h4,6,8H,3,5H2,1-2H3;3*4H,2-3H2,1H3;/q4*-1;+4. The molecule has 4 heteroatoms. The zero-order valence-electron chi connectivity index (χ0n) is 15.4. The summed E-state index contributed by atoms with van der Waals surface area (Å²) in [7, 11) is 0. The van der Waals surface area contributed by atoms with Crippen LogP contribution in [0.25, 0.3) is 17.2 Å². The molecular formula is C18H37N3Zr. The summed E-state index contributed by atoms with van der Waals surface area (Å²) in [6.45, 7) is 12.1. The van der Waals surface area contributed by atoms with Crippen LogP contribution in [0.3, 0.4) is 0 Å². The third-order valence-electron chi connectivity index (χ3n) is 2.61. The predicted molar refractivity (Wildman–Crippen MR) is 98.4 cm³/mol. The molecule has 1 unspecified atom stereocenters. The SMILES string of the molecule is CCC(C)C1=[C-]CC=C1.CCC[NH-].CCC[NH-].CCC[NH-].[Zr+4]. The van der Waals surface area contributed by atoms with Gasteiger partial charge in [0.05, 0.1) is 0 Å². The fourth-order valence-corrected chi connectivity index (χ4v) is 0.980. The van der Waals surface area contributed by atoms with Crippen molar-refractivity contribution >= 4 is 0 Å². The fourth-order valence-electron chi connectivity index (χ4n) is 0.980. The van der Waals surface area contributed by atoms with Crippen LogP contribution in [-0.4, -0.2) is 19.6 Å². The van der Waals surface area contributed by atoms with Crippen LogP contribution in [0.4, 0.5) is 0 Å². The summed E-state index contributed by atoms with van der Waals surface area (Å²) in [4.78, 5) is 0. The summed E-state index contributed by atoms with van der Waals surface area (Å²) in [5.41, 5.74) is 20.8. The summed E-state index contributed by atoms with van der Waals surface area (Å²) in [5.74, 6) is 0.712. The Balaban J connectivity index is -0.000000107. The van der Waals surface area contributed by atoms with Crippen LogP contribution in [0.5, 0.6) is 0 Å². The van der Waals surface area contributed by atoms with Crippen molar-refractivity contribution in [2.75, 3.05) is 19.6 Å². The smallest absolute Gasteiger partial charge is 0.677 e. The monoisotopic (exact) mass is 385 g/mol. The summed E-state index contributed by atoms with van der Waals surface area (Å²) < 4.78 is 0. The van der Waals surface area contributed by atoms with Crippen molar-refractivity contribution in [2.45, 2.75) is 66.7 Å². The molecule has 0 aromatic rings. The number of nitrogens with one attached hydrogen (secondary N) is 3. The number of hydrogen-bond donors (Lipinski definition) is 0. The molecule has 1 atom stereocenters. The largest absolute Gasteiger partial charge is 4.00 e. The van der Waals surface area contributed by atoms with Crippen molar-refractivity contribution < 1.29 is 26.2 Å². The first kappa shape index (κ1) is 30.2. The molecule has 128 valence electrons. The molecule has 0 amide bonds. The first-order valence-electron chi connectivity index (χ1n) is 8.30. The van der Waals surface area contributed by atoms with E-state index in [9.17, 15) is 0 Å². The van der Waals surface area contributed by atoms with Crippen LogP contribution in [0.15, 0.2) is 17.7 Å². The van der Waals surface area contributed by atoms with Crippen molar-refractivity contribution in [1.82, 2.24) is 0 Å². The zero-order valence-corrected chi connectivity index (χ0v) is 17.8. The van der Waals surface area contributed by atoms with Crippen LogP contribution in [0.2, 0.25) is 0 Å². The topological polar surface area (TPSA) is 71.4 Å². The van der Waals surface area contributed by atoms with Crippen molar-refractivity contribution in [2.24, 2.45) is 5.92 Å². The first-order valence-corrected chi connectivity index (χ1v) is 8.30. The Morgan fingerprint density at radius 3 is 1.50 bits per heavy atom. The van der Waals surface area contributed by atoms with Gasteiger partial charge < -0.3 is 17.2 Å². The Hall–Kier alpha value is 0.243. The third-order valence-corrected chi connectivity index (χ3v) is 2.61. The van der Waals surface area contributed by atoms with E-state index in [4.69, 9.17) is 17.2 Å². The van der Waals surface area contributed by atoms with Crippen LogP contribution in [0.1, 0.15) is 66.7 Å². The minimum atomic E-state index is 0. The van der Waals surface area contributed by atoms with Gasteiger partial charge in [-0.2, -0.15) is 25.7 Å². The van der Waals surface area contributed by atoms with Gasteiger partial charge in [-0.15, -0.1) is 6.42 Å². The second kappa shape index (κ2) is 29.3. The first-order chi connectivity index (χ1) is 10.1. The van der Waals surface area contributed by atoms with E-state index in [0.29, 0.717) is 25.6 Å². The molecule has 22 heavy (non-hydrogen) atoms. The molecule has 1 aliphatic carbocycles. The minimum Gasteiger partial charge on any atom is -0.677 e. The van der Waals surface area contributed by atoms with E-state index in [2.05, 4.69) is 32.1 Å². The molecule has 0 aliphatic heterocycles. The Bertz CT molecular complexity index is 213. The van der Waals surface area contributed by atoms with Crippen molar-refractivity contribution in [3.63, 3.8) is 0 Å². The Morgan fingerprint density at radius 1 is 0.955 bits per heavy atom. The molecule has 0 bridgehead atoms. The van der Waals surface area contributed by atoms with E-state index in [0.717, 1.165) is 25.7 Å². The molecule has 0 aromatic heterocycles. The number of rotatable bonds is 5. The Kier molecular flexibility index (Phi) is 40.1. The average molecular weight is 387 g/mol. The second-order valence-corrected chi connectivity index (χ2v) is 4.80. The van der Waals surface area contributed by atoms with E-state index < -0.39 is 0 Å². The summed E-state index contributed by atoms with van der Waals surface area (Å²) in [6, 6.07) is 0. The quantitative estimate of drug-likeness (QED) is 0.453. The van der Waals surface area contributed by atoms with Gasteiger partial charge in [-0.25, -0.2) is 11.6 Å². The van der Waals surface area contributed by atoms with E-state index >= 15 is 0 Å². The molecule has 0 saturated carbocycles. The normalized spacial score (nSPS) is 12.3. The molecule has 1 rings (SSSR count). The van der Waals surface area contributed by atoms with E-state index in [1.807, 2.05) is 20.8 Å². The third kappa shape index (κ3) is 28.4. The molecule has 1 aliphatic rings. The molecule has 3 N–H and O–H groups in total. The molecule has 3 nitrogen and oxygen atoms in total. The number of hydrogen-bond acceptors (Lipinski definition) is 0. The zero-order chi connectivity index (χ0) is 16.9. The summed E-state index contributed by atoms with van der Waals surface area (Å²) in [6.07, 6.45) is 12.9.